The Morgan fingerprint density at radius 1 is 1.42 bits per heavy atom. The molecule has 0 aliphatic carbocycles. The molecule has 10 heteroatoms. The Hall–Kier alpha value is -3.69. The molecule has 0 radical (unpaired) electrons. The van der Waals surface area contributed by atoms with Crippen LogP contribution in [0.1, 0.15) is 11.3 Å². The number of amides is 1. The fourth-order valence-corrected chi connectivity index (χ4v) is 2.56. The van der Waals surface area contributed by atoms with Crippen molar-refractivity contribution >= 4 is 17.8 Å². The number of fused-ring (bicyclic) bond motifs is 2. The summed E-state index contributed by atoms with van der Waals surface area (Å²) in [5.74, 6) is 0.622. The van der Waals surface area contributed by atoms with Gasteiger partial charge in [-0.15, -0.1) is 4.68 Å². The van der Waals surface area contributed by atoms with Crippen LogP contribution in [0.2, 0.25) is 0 Å². The van der Waals surface area contributed by atoms with Gasteiger partial charge in [0.2, 0.25) is 6.79 Å². The van der Waals surface area contributed by atoms with Crippen LogP contribution < -0.4 is 24.7 Å². The largest absolute Gasteiger partial charge is 0.867 e. The lowest BCUT2D eigenvalue weighted by Gasteiger charge is -2.04. The highest BCUT2D eigenvalue weighted by atomic mass is 16.7. The van der Waals surface area contributed by atoms with Gasteiger partial charge in [-0.2, -0.15) is 5.10 Å². The number of rotatable bonds is 4. The van der Waals surface area contributed by atoms with E-state index >= 15 is 0 Å². The van der Waals surface area contributed by atoms with Gasteiger partial charge in [-0.25, -0.2) is 5.43 Å². The molecule has 26 heavy (non-hydrogen) atoms. The van der Waals surface area contributed by atoms with Crippen LogP contribution in [0.25, 0.3) is 5.65 Å². The molecule has 10 nitrogen and oxygen atoms in total. The molecule has 0 unspecified atom stereocenters. The molecule has 4 rings (SSSR count). The molecule has 0 atom stereocenters. The quantitative estimate of drug-likeness (QED) is 0.375. The topological polar surface area (TPSA) is 117 Å². The summed E-state index contributed by atoms with van der Waals surface area (Å²) in [6.45, 7) is 1.75. The van der Waals surface area contributed by atoms with Gasteiger partial charge in [-0.05, 0) is 47.6 Å². The Morgan fingerprint density at radius 3 is 3.15 bits per heavy atom. The third kappa shape index (κ3) is 2.99. The van der Waals surface area contributed by atoms with Crippen molar-refractivity contribution < 1.29 is 24.1 Å². The maximum Gasteiger partial charge on any atom is 0.321 e. The normalized spacial score (nSPS) is 12.8. The van der Waals surface area contributed by atoms with Crippen molar-refractivity contribution in [2.24, 2.45) is 5.10 Å². The number of aromatic nitrogens is 4. The van der Waals surface area contributed by atoms with E-state index in [2.05, 4.69) is 20.7 Å². The third-order valence-electron chi connectivity index (χ3n) is 3.68. The molecule has 0 saturated carbocycles. The first-order chi connectivity index (χ1) is 12.6. The van der Waals surface area contributed by atoms with Gasteiger partial charge in [0.25, 0.3) is 12.2 Å². The zero-order valence-electron chi connectivity index (χ0n) is 13.7. The second-order valence-corrected chi connectivity index (χ2v) is 5.61. The van der Waals surface area contributed by atoms with E-state index in [0.29, 0.717) is 17.2 Å². The van der Waals surface area contributed by atoms with Gasteiger partial charge in [0.15, 0.2) is 18.0 Å². The van der Waals surface area contributed by atoms with E-state index < -0.39 is 5.91 Å². The summed E-state index contributed by atoms with van der Waals surface area (Å²) in [4.78, 5) is 12.0. The number of aryl methyl sites for hydroxylation is 1. The molecule has 132 valence electrons. The van der Waals surface area contributed by atoms with Crippen molar-refractivity contribution in [1.29, 1.82) is 0 Å². The highest BCUT2D eigenvalue weighted by Gasteiger charge is 2.17. The van der Waals surface area contributed by atoms with Crippen LogP contribution in [-0.2, 0) is 11.3 Å². The molecular weight excluding hydrogens is 340 g/mol. The minimum atomic E-state index is -0.424. The molecule has 1 aliphatic heterocycles. The smallest absolute Gasteiger partial charge is 0.321 e. The third-order valence-corrected chi connectivity index (χ3v) is 3.68. The van der Waals surface area contributed by atoms with Crippen molar-refractivity contribution in [2.45, 2.75) is 13.5 Å². The minimum Gasteiger partial charge on any atom is -0.867 e. The molecule has 3 heterocycles. The van der Waals surface area contributed by atoms with Gasteiger partial charge in [0, 0.05) is 0 Å². The first kappa shape index (κ1) is 15.8. The van der Waals surface area contributed by atoms with E-state index in [4.69, 9.17) is 9.47 Å². The Morgan fingerprint density at radius 2 is 2.27 bits per heavy atom. The van der Waals surface area contributed by atoms with Crippen molar-refractivity contribution in [1.82, 2.24) is 20.1 Å². The molecule has 0 saturated heterocycles. The van der Waals surface area contributed by atoms with E-state index in [9.17, 15) is 9.90 Å². The predicted octanol–water partition coefficient (Wildman–Crippen LogP) is -0.722. The number of hydrazone groups is 1. The maximum absolute atomic E-state index is 12.0. The molecule has 2 aromatic heterocycles. The van der Waals surface area contributed by atoms with E-state index in [1.807, 2.05) is 0 Å². The Balaban J connectivity index is 1.43. The summed E-state index contributed by atoms with van der Waals surface area (Å²) in [6, 6.07) is 6.71. The molecule has 1 aromatic carbocycles. The standard InChI is InChI=1S/C16H14N6O4/c1-10-4-12(23)16-21(18-8-22(16)20-10)7-15(24)19-17-6-11-2-3-13-14(5-11)26-9-25-13/h2-6,8H,7,9H2,1H3,(H-,19,20,23,24). The maximum atomic E-state index is 12.0. The van der Waals surface area contributed by atoms with Gasteiger partial charge in [0.1, 0.15) is 0 Å². The molecule has 1 aliphatic rings. The lowest BCUT2D eigenvalue weighted by atomic mass is 10.2. The first-order valence-electron chi connectivity index (χ1n) is 7.74. The predicted molar refractivity (Wildman–Crippen MR) is 85.7 cm³/mol. The summed E-state index contributed by atoms with van der Waals surface area (Å²) in [7, 11) is 0. The lowest BCUT2D eigenvalue weighted by Crippen LogP contribution is -2.44. The number of hydrogen-bond donors (Lipinski definition) is 1. The molecule has 0 bridgehead atoms. The molecular formula is C16H14N6O4. The van der Waals surface area contributed by atoms with Crippen LogP contribution in [0.15, 0.2) is 35.7 Å². The summed E-state index contributed by atoms with van der Waals surface area (Å²) < 4.78 is 13.1. The van der Waals surface area contributed by atoms with Gasteiger partial charge in [0.05, 0.1) is 11.9 Å². The highest BCUT2D eigenvalue weighted by molar-refractivity contribution is 5.83. The van der Waals surface area contributed by atoms with Crippen LogP contribution in [0.5, 0.6) is 17.2 Å². The monoisotopic (exact) mass is 354 g/mol. The number of carbonyl (C=O) groups is 1. The van der Waals surface area contributed by atoms with Gasteiger partial charge in [-0.3, -0.25) is 4.79 Å². The van der Waals surface area contributed by atoms with Crippen LogP contribution in [-0.4, -0.2) is 33.6 Å². The molecule has 0 fully saturated rings. The van der Waals surface area contributed by atoms with E-state index in [1.54, 1.807) is 25.1 Å². The Bertz CT molecular complexity index is 1030. The number of carbonyl (C=O) groups excluding carboxylic acids is 1. The average Bonchev–Trinajstić information content (AvgIpc) is 3.21. The summed E-state index contributed by atoms with van der Waals surface area (Å²) >= 11 is 0. The molecule has 1 N–H and O–H groups in total. The van der Waals surface area contributed by atoms with E-state index in [1.165, 1.54) is 27.8 Å². The lowest BCUT2D eigenvalue weighted by molar-refractivity contribution is -0.717. The second kappa shape index (κ2) is 6.31. The van der Waals surface area contributed by atoms with Crippen LogP contribution in [0.4, 0.5) is 0 Å². The summed E-state index contributed by atoms with van der Waals surface area (Å²) in [5, 5.41) is 24.1. The van der Waals surface area contributed by atoms with Crippen molar-refractivity contribution in [3.05, 3.63) is 41.9 Å². The highest BCUT2D eigenvalue weighted by Crippen LogP contribution is 2.31. The number of nitrogens with one attached hydrogen (secondary N) is 1. The van der Waals surface area contributed by atoms with Gasteiger partial charge < -0.3 is 14.6 Å². The number of hydrogen-bond acceptors (Lipinski definition) is 7. The molecule has 0 spiro atoms. The van der Waals surface area contributed by atoms with Crippen molar-refractivity contribution in [3.8, 4) is 17.2 Å². The van der Waals surface area contributed by atoms with E-state index in [-0.39, 0.29) is 24.7 Å². The SMILES string of the molecule is Cc1cc([O-])c2n(cn[n+]2CC(=O)NN=Cc2ccc3c(c2)OCO3)n1. The Labute approximate surface area is 147 Å². The van der Waals surface area contributed by atoms with Crippen LogP contribution in [0.3, 0.4) is 0 Å². The van der Waals surface area contributed by atoms with Crippen molar-refractivity contribution in [2.75, 3.05) is 6.79 Å². The fraction of sp³-hybridized carbons (Fsp3) is 0.188. The van der Waals surface area contributed by atoms with Crippen LogP contribution >= 0.6 is 0 Å². The zero-order valence-corrected chi connectivity index (χ0v) is 13.7. The zero-order chi connectivity index (χ0) is 18.1. The number of ether oxygens (including phenoxy) is 2. The molecule has 3 aromatic rings. The number of benzene rings is 1. The van der Waals surface area contributed by atoms with Crippen LogP contribution in [0, 0.1) is 6.92 Å². The van der Waals surface area contributed by atoms with Gasteiger partial charge in [-0.1, -0.05) is 9.61 Å². The van der Waals surface area contributed by atoms with E-state index in [0.717, 1.165) is 5.56 Å². The minimum absolute atomic E-state index is 0.158. The van der Waals surface area contributed by atoms with Gasteiger partial charge >= 0.3 is 5.65 Å². The van der Waals surface area contributed by atoms with Crippen molar-refractivity contribution in [3.63, 3.8) is 0 Å². The summed E-state index contributed by atoms with van der Waals surface area (Å²) in [6.07, 6.45) is 2.87. The number of nitrogens with zero attached hydrogens (tertiary/aromatic N) is 5. The first-order valence-corrected chi connectivity index (χ1v) is 7.74. The molecule has 1 amide bonds. The second-order valence-electron chi connectivity index (χ2n) is 5.61. The summed E-state index contributed by atoms with van der Waals surface area (Å²) in [5.41, 5.74) is 3.93. The average molecular weight is 354 g/mol. The fourth-order valence-electron chi connectivity index (χ4n) is 2.56. The Kier molecular flexibility index (Phi) is 3.84.